The van der Waals surface area contributed by atoms with Crippen LogP contribution in [0.15, 0.2) is 22.7 Å². The van der Waals surface area contributed by atoms with E-state index in [0.717, 1.165) is 24.0 Å². The fourth-order valence-corrected chi connectivity index (χ4v) is 2.17. The normalized spacial score (nSPS) is 16.6. The van der Waals surface area contributed by atoms with E-state index in [1.807, 2.05) is 4.90 Å². The van der Waals surface area contributed by atoms with Crippen LogP contribution in [0.4, 0.5) is 5.69 Å². The molecule has 0 saturated carbocycles. The summed E-state index contributed by atoms with van der Waals surface area (Å²) in [4.78, 5) is 14.0. The van der Waals surface area contributed by atoms with Crippen molar-refractivity contribution >= 4 is 27.5 Å². The maximum Gasteiger partial charge on any atom is 0.253 e. The van der Waals surface area contributed by atoms with Crippen molar-refractivity contribution in [3.05, 3.63) is 28.2 Å². The molecule has 0 unspecified atom stereocenters. The van der Waals surface area contributed by atoms with Crippen molar-refractivity contribution in [3.8, 4) is 0 Å². The smallest absolute Gasteiger partial charge is 0.253 e. The fraction of sp³-hybridized carbons (Fsp3) is 0.417. The minimum atomic E-state index is 0.0381. The Labute approximate surface area is 109 Å². The van der Waals surface area contributed by atoms with Crippen molar-refractivity contribution in [2.75, 3.05) is 32.0 Å². The molecule has 0 aromatic heterocycles. The van der Waals surface area contributed by atoms with Crippen molar-refractivity contribution in [1.82, 2.24) is 4.90 Å². The lowest BCUT2D eigenvalue weighted by atomic mass is 10.2. The van der Waals surface area contributed by atoms with Gasteiger partial charge in [0.25, 0.3) is 5.91 Å². The molecule has 1 aliphatic rings. The van der Waals surface area contributed by atoms with E-state index in [2.05, 4.69) is 15.9 Å². The molecule has 1 fully saturated rings. The van der Waals surface area contributed by atoms with Crippen molar-refractivity contribution in [2.24, 2.45) is 0 Å². The molecule has 2 rings (SSSR count). The molecule has 4 nitrogen and oxygen atoms in total. The summed E-state index contributed by atoms with van der Waals surface area (Å²) < 4.78 is 6.09. The van der Waals surface area contributed by atoms with E-state index in [4.69, 9.17) is 10.5 Å². The predicted molar refractivity (Wildman–Crippen MR) is 69.9 cm³/mol. The van der Waals surface area contributed by atoms with E-state index in [1.54, 1.807) is 18.2 Å². The fourth-order valence-electron chi connectivity index (χ4n) is 1.79. The molecule has 1 aliphatic heterocycles. The summed E-state index contributed by atoms with van der Waals surface area (Å²) in [5.74, 6) is 0.0381. The largest absolute Gasteiger partial charge is 0.398 e. The number of rotatable bonds is 1. The molecule has 0 atom stereocenters. The average molecular weight is 299 g/mol. The van der Waals surface area contributed by atoms with E-state index in [9.17, 15) is 4.79 Å². The zero-order valence-corrected chi connectivity index (χ0v) is 11.1. The summed E-state index contributed by atoms with van der Waals surface area (Å²) in [5.41, 5.74) is 7.00. The minimum Gasteiger partial charge on any atom is -0.398 e. The van der Waals surface area contributed by atoms with Gasteiger partial charge in [0, 0.05) is 35.4 Å². The number of benzene rings is 1. The van der Waals surface area contributed by atoms with Gasteiger partial charge in [0.2, 0.25) is 0 Å². The highest BCUT2D eigenvalue weighted by atomic mass is 79.9. The number of amides is 1. The molecule has 1 aromatic carbocycles. The highest BCUT2D eigenvalue weighted by molar-refractivity contribution is 9.10. The van der Waals surface area contributed by atoms with E-state index in [0.29, 0.717) is 24.4 Å². The van der Waals surface area contributed by atoms with Crippen LogP contribution in [0, 0.1) is 0 Å². The van der Waals surface area contributed by atoms with Gasteiger partial charge in [-0.15, -0.1) is 0 Å². The molecule has 1 amide bonds. The summed E-state index contributed by atoms with van der Waals surface area (Å²) >= 11 is 3.33. The van der Waals surface area contributed by atoms with Crippen molar-refractivity contribution in [3.63, 3.8) is 0 Å². The number of carbonyl (C=O) groups excluding carboxylic acids is 1. The van der Waals surface area contributed by atoms with E-state index >= 15 is 0 Å². The Morgan fingerprint density at radius 2 is 2.18 bits per heavy atom. The minimum absolute atomic E-state index is 0.0381. The second-order valence-electron chi connectivity index (χ2n) is 3.99. The van der Waals surface area contributed by atoms with Crippen LogP contribution < -0.4 is 5.73 Å². The molecule has 0 spiro atoms. The quantitative estimate of drug-likeness (QED) is 0.806. The van der Waals surface area contributed by atoms with Gasteiger partial charge in [-0.3, -0.25) is 4.79 Å². The molecule has 1 aromatic rings. The van der Waals surface area contributed by atoms with Crippen LogP contribution in [0.3, 0.4) is 0 Å². The van der Waals surface area contributed by atoms with Gasteiger partial charge in [0.1, 0.15) is 0 Å². The zero-order valence-electron chi connectivity index (χ0n) is 9.49. The Morgan fingerprint density at radius 1 is 1.35 bits per heavy atom. The Balaban J connectivity index is 2.14. The van der Waals surface area contributed by atoms with Gasteiger partial charge in [-0.25, -0.2) is 0 Å². The predicted octanol–water partition coefficient (Wildman–Crippen LogP) is 1.89. The first-order chi connectivity index (χ1) is 8.18. The Hall–Kier alpha value is -1.07. The number of nitrogens with zero attached hydrogens (tertiary/aromatic N) is 1. The molecule has 0 radical (unpaired) electrons. The Kier molecular flexibility index (Phi) is 4.02. The molecular weight excluding hydrogens is 284 g/mol. The lowest BCUT2D eigenvalue weighted by Gasteiger charge is -2.19. The number of nitrogen functional groups attached to an aromatic ring is 1. The lowest BCUT2D eigenvalue weighted by Crippen LogP contribution is -2.33. The third-order valence-corrected chi connectivity index (χ3v) is 3.44. The Bertz CT molecular complexity index is 415. The maximum absolute atomic E-state index is 12.2. The number of carbonyl (C=O) groups is 1. The SMILES string of the molecule is Nc1ccc(C(=O)N2CCCOCC2)cc1Br. The molecule has 1 heterocycles. The van der Waals surface area contributed by atoms with Crippen LogP contribution in [-0.4, -0.2) is 37.1 Å². The van der Waals surface area contributed by atoms with Gasteiger partial charge in [-0.2, -0.15) is 0 Å². The number of hydrogen-bond acceptors (Lipinski definition) is 3. The number of ether oxygens (including phenoxy) is 1. The van der Waals surface area contributed by atoms with Gasteiger partial charge in [0.05, 0.1) is 6.61 Å². The van der Waals surface area contributed by atoms with E-state index < -0.39 is 0 Å². The first-order valence-electron chi connectivity index (χ1n) is 5.60. The Morgan fingerprint density at radius 3 is 2.94 bits per heavy atom. The third kappa shape index (κ3) is 2.98. The second kappa shape index (κ2) is 5.51. The van der Waals surface area contributed by atoms with Crippen LogP contribution in [0.2, 0.25) is 0 Å². The van der Waals surface area contributed by atoms with Gasteiger partial charge in [-0.1, -0.05) is 0 Å². The molecule has 5 heteroatoms. The van der Waals surface area contributed by atoms with Crippen molar-refractivity contribution in [1.29, 1.82) is 0 Å². The molecule has 1 saturated heterocycles. The van der Waals surface area contributed by atoms with Crippen LogP contribution in [-0.2, 0) is 4.74 Å². The van der Waals surface area contributed by atoms with Gasteiger partial charge >= 0.3 is 0 Å². The lowest BCUT2D eigenvalue weighted by molar-refractivity contribution is 0.0741. The number of nitrogens with two attached hydrogens (primary N) is 1. The summed E-state index contributed by atoms with van der Waals surface area (Å²) in [6.45, 7) is 2.75. The number of anilines is 1. The topological polar surface area (TPSA) is 55.6 Å². The van der Waals surface area contributed by atoms with Crippen molar-refractivity contribution in [2.45, 2.75) is 6.42 Å². The first-order valence-corrected chi connectivity index (χ1v) is 6.40. The van der Waals surface area contributed by atoms with Gasteiger partial charge in [0.15, 0.2) is 0 Å². The first kappa shape index (κ1) is 12.4. The van der Waals surface area contributed by atoms with E-state index in [-0.39, 0.29) is 5.91 Å². The summed E-state index contributed by atoms with van der Waals surface area (Å²) in [7, 11) is 0. The monoisotopic (exact) mass is 298 g/mol. The molecule has 92 valence electrons. The molecule has 0 bridgehead atoms. The highest BCUT2D eigenvalue weighted by Gasteiger charge is 2.17. The maximum atomic E-state index is 12.2. The number of halogens is 1. The molecule has 2 N–H and O–H groups in total. The summed E-state index contributed by atoms with van der Waals surface area (Å²) in [5, 5.41) is 0. The third-order valence-electron chi connectivity index (χ3n) is 2.76. The van der Waals surface area contributed by atoms with Crippen molar-refractivity contribution < 1.29 is 9.53 Å². The van der Waals surface area contributed by atoms with E-state index in [1.165, 1.54) is 0 Å². The number of hydrogen-bond donors (Lipinski definition) is 1. The van der Waals surface area contributed by atoms with Crippen LogP contribution >= 0.6 is 15.9 Å². The van der Waals surface area contributed by atoms with Crippen LogP contribution in [0.25, 0.3) is 0 Å². The molecular formula is C12H15BrN2O2. The second-order valence-corrected chi connectivity index (χ2v) is 4.85. The highest BCUT2D eigenvalue weighted by Crippen LogP contribution is 2.21. The van der Waals surface area contributed by atoms with Crippen LogP contribution in [0.5, 0.6) is 0 Å². The molecule has 0 aliphatic carbocycles. The zero-order chi connectivity index (χ0) is 12.3. The summed E-state index contributed by atoms with van der Waals surface area (Å²) in [6.07, 6.45) is 0.891. The molecule has 17 heavy (non-hydrogen) atoms. The van der Waals surface area contributed by atoms with Gasteiger partial charge < -0.3 is 15.4 Å². The summed E-state index contributed by atoms with van der Waals surface area (Å²) in [6, 6.07) is 5.27. The van der Waals surface area contributed by atoms with Gasteiger partial charge in [-0.05, 0) is 40.5 Å². The average Bonchev–Trinajstić information content (AvgIpc) is 2.60. The standard InChI is InChI=1S/C12H15BrN2O2/c13-10-8-9(2-3-11(10)14)12(16)15-4-1-6-17-7-5-15/h2-3,8H,1,4-7,14H2. The van der Waals surface area contributed by atoms with Crippen LogP contribution in [0.1, 0.15) is 16.8 Å².